The van der Waals surface area contributed by atoms with Crippen molar-refractivity contribution >= 4 is 5.97 Å². The lowest BCUT2D eigenvalue weighted by molar-refractivity contribution is -0.140. The van der Waals surface area contributed by atoms with Crippen LogP contribution < -0.4 is 10.6 Å². The van der Waals surface area contributed by atoms with E-state index in [2.05, 4.69) is 10.6 Å². The third kappa shape index (κ3) is 3.28. The Kier molecular flexibility index (Phi) is 4.12. The van der Waals surface area contributed by atoms with Crippen LogP contribution in [0.2, 0.25) is 0 Å². The topological polar surface area (TPSA) is 61.4 Å². The molecule has 0 amide bonds. The van der Waals surface area contributed by atoms with Gasteiger partial charge in [-0.25, -0.2) is 0 Å². The molecule has 0 bridgehead atoms. The van der Waals surface area contributed by atoms with Crippen LogP contribution in [0.15, 0.2) is 30.3 Å². The molecule has 0 spiro atoms. The first-order valence-electron chi connectivity index (χ1n) is 6.02. The second-order valence-electron chi connectivity index (χ2n) is 4.39. The van der Waals surface area contributed by atoms with Crippen molar-refractivity contribution in [3.63, 3.8) is 0 Å². The molecule has 92 valence electrons. The van der Waals surface area contributed by atoms with Gasteiger partial charge in [-0.1, -0.05) is 30.3 Å². The van der Waals surface area contributed by atoms with Crippen molar-refractivity contribution in [2.24, 2.45) is 0 Å². The molecule has 0 aliphatic carbocycles. The standard InChI is InChI=1S/C13H18N2O2/c16-13(17)12(10-5-2-1-3-6-10)15-11-7-4-8-14-9-11/h1-3,5-6,11-12,14-15H,4,7-9H2,(H,16,17). The van der Waals surface area contributed by atoms with E-state index >= 15 is 0 Å². The van der Waals surface area contributed by atoms with Gasteiger partial charge in [0.2, 0.25) is 0 Å². The summed E-state index contributed by atoms with van der Waals surface area (Å²) < 4.78 is 0. The average molecular weight is 234 g/mol. The van der Waals surface area contributed by atoms with Crippen molar-refractivity contribution in [2.45, 2.75) is 24.9 Å². The van der Waals surface area contributed by atoms with Gasteiger partial charge < -0.3 is 10.4 Å². The summed E-state index contributed by atoms with van der Waals surface area (Å²) >= 11 is 0. The summed E-state index contributed by atoms with van der Waals surface area (Å²) in [5.74, 6) is -0.818. The van der Waals surface area contributed by atoms with Crippen LogP contribution in [0.25, 0.3) is 0 Å². The lowest BCUT2D eigenvalue weighted by atomic mass is 10.0. The number of carboxylic acid groups (broad SMARTS) is 1. The molecule has 0 saturated carbocycles. The van der Waals surface area contributed by atoms with Gasteiger partial charge in [0.05, 0.1) is 0 Å². The molecule has 1 aromatic carbocycles. The van der Waals surface area contributed by atoms with Gasteiger partial charge in [-0.3, -0.25) is 10.1 Å². The zero-order chi connectivity index (χ0) is 12.1. The van der Waals surface area contributed by atoms with Gasteiger partial charge in [-0.2, -0.15) is 0 Å². The first-order chi connectivity index (χ1) is 8.27. The normalized spacial score (nSPS) is 22.0. The molecule has 1 aliphatic heterocycles. The smallest absolute Gasteiger partial charge is 0.325 e. The Morgan fingerprint density at radius 1 is 1.41 bits per heavy atom. The van der Waals surface area contributed by atoms with E-state index in [1.54, 1.807) is 0 Å². The molecule has 1 aliphatic rings. The molecular formula is C13H18N2O2. The molecule has 1 aromatic rings. The van der Waals surface area contributed by atoms with Crippen molar-refractivity contribution in [2.75, 3.05) is 13.1 Å². The van der Waals surface area contributed by atoms with E-state index < -0.39 is 12.0 Å². The summed E-state index contributed by atoms with van der Waals surface area (Å²) in [6.07, 6.45) is 2.13. The largest absolute Gasteiger partial charge is 0.480 e. The number of hydrogen-bond acceptors (Lipinski definition) is 3. The van der Waals surface area contributed by atoms with Gasteiger partial charge in [-0.05, 0) is 24.9 Å². The molecule has 1 fully saturated rings. The monoisotopic (exact) mass is 234 g/mol. The zero-order valence-corrected chi connectivity index (χ0v) is 9.73. The second kappa shape index (κ2) is 5.80. The Hall–Kier alpha value is -1.39. The Balaban J connectivity index is 2.05. The van der Waals surface area contributed by atoms with Crippen LogP contribution >= 0.6 is 0 Å². The number of aliphatic carboxylic acids is 1. The number of benzene rings is 1. The molecule has 4 nitrogen and oxygen atoms in total. The summed E-state index contributed by atoms with van der Waals surface area (Å²) in [6, 6.07) is 8.96. The van der Waals surface area contributed by atoms with E-state index in [0.717, 1.165) is 31.5 Å². The molecule has 2 rings (SSSR count). The summed E-state index contributed by atoms with van der Waals surface area (Å²) in [6.45, 7) is 1.87. The number of carbonyl (C=O) groups is 1. The Bertz CT molecular complexity index is 361. The highest BCUT2D eigenvalue weighted by atomic mass is 16.4. The first-order valence-corrected chi connectivity index (χ1v) is 6.02. The van der Waals surface area contributed by atoms with Crippen LogP contribution in [0, 0.1) is 0 Å². The molecular weight excluding hydrogens is 216 g/mol. The number of hydrogen-bond donors (Lipinski definition) is 3. The van der Waals surface area contributed by atoms with E-state index in [9.17, 15) is 9.90 Å². The molecule has 1 heterocycles. The van der Waals surface area contributed by atoms with Crippen LogP contribution in [-0.4, -0.2) is 30.2 Å². The van der Waals surface area contributed by atoms with E-state index in [4.69, 9.17) is 0 Å². The SMILES string of the molecule is O=C(O)C(NC1CCCNC1)c1ccccc1. The Morgan fingerprint density at radius 3 is 2.76 bits per heavy atom. The van der Waals surface area contributed by atoms with Gasteiger partial charge in [0.25, 0.3) is 0 Å². The van der Waals surface area contributed by atoms with Crippen molar-refractivity contribution in [3.8, 4) is 0 Å². The van der Waals surface area contributed by atoms with Gasteiger partial charge in [0.1, 0.15) is 6.04 Å². The summed E-state index contributed by atoms with van der Waals surface area (Å²) in [5, 5.41) is 15.8. The zero-order valence-electron chi connectivity index (χ0n) is 9.73. The molecule has 4 heteroatoms. The average Bonchev–Trinajstić information content (AvgIpc) is 2.38. The van der Waals surface area contributed by atoms with Crippen LogP contribution in [0.4, 0.5) is 0 Å². The van der Waals surface area contributed by atoms with Crippen molar-refractivity contribution in [1.29, 1.82) is 0 Å². The fourth-order valence-corrected chi connectivity index (χ4v) is 2.19. The predicted molar refractivity (Wildman–Crippen MR) is 65.8 cm³/mol. The molecule has 1 saturated heterocycles. The lowest BCUT2D eigenvalue weighted by Crippen LogP contribution is -2.46. The van der Waals surface area contributed by atoms with Gasteiger partial charge >= 0.3 is 5.97 Å². The highest BCUT2D eigenvalue weighted by molar-refractivity contribution is 5.75. The fraction of sp³-hybridized carbons (Fsp3) is 0.462. The number of nitrogens with one attached hydrogen (secondary N) is 2. The maximum absolute atomic E-state index is 11.3. The summed E-state index contributed by atoms with van der Waals surface area (Å²) in [4.78, 5) is 11.3. The highest BCUT2D eigenvalue weighted by Crippen LogP contribution is 2.15. The minimum Gasteiger partial charge on any atom is -0.480 e. The molecule has 2 atom stereocenters. The predicted octanol–water partition coefficient (Wildman–Crippen LogP) is 1.15. The molecule has 17 heavy (non-hydrogen) atoms. The highest BCUT2D eigenvalue weighted by Gasteiger charge is 2.23. The number of piperidine rings is 1. The van der Waals surface area contributed by atoms with Gasteiger partial charge in [0, 0.05) is 12.6 Å². The van der Waals surface area contributed by atoms with E-state index in [1.165, 1.54) is 0 Å². The molecule has 3 N–H and O–H groups in total. The number of carboxylic acids is 1. The third-order valence-electron chi connectivity index (χ3n) is 3.08. The van der Waals surface area contributed by atoms with Crippen LogP contribution in [0.3, 0.4) is 0 Å². The van der Waals surface area contributed by atoms with Crippen molar-refractivity contribution < 1.29 is 9.90 Å². The van der Waals surface area contributed by atoms with Crippen LogP contribution in [0.5, 0.6) is 0 Å². The maximum atomic E-state index is 11.3. The Labute approximate surface area is 101 Å². The lowest BCUT2D eigenvalue weighted by Gasteiger charge is -2.27. The summed E-state index contributed by atoms with van der Waals surface area (Å²) in [7, 11) is 0. The molecule has 0 radical (unpaired) electrons. The first kappa shape index (κ1) is 12.1. The molecule has 0 aromatic heterocycles. The van der Waals surface area contributed by atoms with E-state index in [0.29, 0.717) is 0 Å². The van der Waals surface area contributed by atoms with E-state index in [1.807, 2.05) is 30.3 Å². The van der Waals surface area contributed by atoms with E-state index in [-0.39, 0.29) is 6.04 Å². The van der Waals surface area contributed by atoms with Gasteiger partial charge in [-0.15, -0.1) is 0 Å². The fourth-order valence-electron chi connectivity index (χ4n) is 2.19. The third-order valence-corrected chi connectivity index (χ3v) is 3.08. The van der Waals surface area contributed by atoms with Crippen molar-refractivity contribution in [3.05, 3.63) is 35.9 Å². The minimum atomic E-state index is -0.818. The quantitative estimate of drug-likeness (QED) is 0.731. The molecule has 2 unspecified atom stereocenters. The second-order valence-corrected chi connectivity index (χ2v) is 4.39. The van der Waals surface area contributed by atoms with Crippen molar-refractivity contribution in [1.82, 2.24) is 10.6 Å². The Morgan fingerprint density at radius 2 is 2.18 bits per heavy atom. The van der Waals surface area contributed by atoms with Gasteiger partial charge in [0.15, 0.2) is 0 Å². The van der Waals surface area contributed by atoms with Crippen LogP contribution in [0.1, 0.15) is 24.4 Å². The number of rotatable bonds is 4. The maximum Gasteiger partial charge on any atom is 0.325 e. The van der Waals surface area contributed by atoms with Crippen LogP contribution in [-0.2, 0) is 4.79 Å². The minimum absolute atomic E-state index is 0.241. The summed E-state index contributed by atoms with van der Waals surface area (Å²) in [5.41, 5.74) is 0.811.